The molecular formula is C80H130N10O2S2. The molecular weight excluding hydrogens is 1200 g/mol. The van der Waals surface area contributed by atoms with Crippen molar-refractivity contribution >= 4 is 66.7 Å². The number of nitrogens with one attached hydrogen (secondary N) is 2. The van der Waals surface area contributed by atoms with Gasteiger partial charge in [-0.15, -0.1) is 22.7 Å². The van der Waals surface area contributed by atoms with Crippen LogP contribution in [0.3, 0.4) is 0 Å². The lowest BCUT2D eigenvalue weighted by Crippen LogP contribution is -2.22. The Morgan fingerprint density at radius 3 is 1.37 bits per heavy atom. The minimum Gasteiger partial charge on any atom is -0.443 e. The summed E-state index contributed by atoms with van der Waals surface area (Å²) < 4.78 is 10.6. The van der Waals surface area contributed by atoms with Gasteiger partial charge in [0.05, 0.1) is 44.3 Å². The number of rotatable bonds is 0. The van der Waals surface area contributed by atoms with Crippen molar-refractivity contribution in [2.24, 2.45) is 10.8 Å². The molecule has 0 fully saturated rings. The van der Waals surface area contributed by atoms with Gasteiger partial charge in [-0.05, 0) is 65.8 Å². The highest BCUT2D eigenvalue weighted by atomic mass is 32.1. The number of oxazole rings is 2. The van der Waals surface area contributed by atoms with Gasteiger partial charge in [0, 0.05) is 99.6 Å². The van der Waals surface area contributed by atoms with Crippen LogP contribution in [0.5, 0.6) is 0 Å². The summed E-state index contributed by atoms with van der Waals surface area (Å²) in [4.78, 5) is 37.5. The number of hydrogen-bond acceptors (Lipinski definition) is 14. The van der Waals surface area contributed by atoms with Crippen LogP contribution >= 0.6 is 22.7 Å². The van der Waals surface area contributed by atoms with Crippen LogP contribution in [0, 0.1) is 10.8 Å². The molecule has 12 rings (SSSR count). The van der Waals surface area contributed by atoms with E-state index in [-0.39, 0.29) is 21.7 Å². The molecule has 0 atom stereocenters. The van der Waals surface area contributed by atoms with Gasteiger partial charge in [-0.2, -0.15) is 0 Å². The van der Waals surface area contributed by atoms with Gasteiger partial charge >= 0.3 is 0 Å². The second kappa shape index (κ2) is 45.9. The molecule has 14 heteroatoms. The van der Waals surface area contributed by atoms with Crippen LogP contribution in [0.2, 0.25) is 0 Å². The average molecular weight is 1330 g/mol. The summed E-state index contributed by atoms with van der Waals surface area (Å²) in [6.07, 6.45) is 12.7. The van der Waals surface area contributed by atoms with Crippen molar-refractivity contribution in [1.82, 2.24) is 50.5 Å². The summed E-state index contributed by atoms with van der Waals surface area (Å²) in [7, 11) is 0. The van der Waals surface area contributed by atoms with Crippen molar-refractivity contribution in [2.45, 2.75) is 269 Å². The van der Waals surface area contributed by atoms with E-state index in [0.717, 1.165) is 94.6 Å². The third-order valence-corrected chi connectivity index (χ3v) is 14.4. The molecule has 0 saturated heterocycles. The van der Waals surface area contributed by atoms with Crippen LogP contribution in [-0.4, -0.2) is 53.0 Å². The first-order valence-electron chi connectivity index (χ1n) is 34.6. The second-order valence-electron chi connectivity index (χ2n) is 27.7. The van der Waals surface area contributed by atoms with Crippen LogP contribution in [-0.2, 0) is 47.6 Å². The maximum Gasteiger partial charge on any atom is 0.200 e. The molecule has 2 aliphatic rings. The van der Waals surface area contributed by atoms with Crippen molar-refractivity contribution in [3.63, 3.8) is 0 Å². The molecule has 12 nitrogen and oxygen atoms in total. The lowest BCUT2D eigenvalue weighted by atomic mass is 9.90. The van der Waals surface area contributed by atoms with Gasteiger partial charge < -0.3 is 19.5 Å². The van der Waals surface area contributed by atoms with E-state index < -0.39 is 0 Å². The Morgan fingerprint density at radius 2 is 0.872 bits per heavy atom. The quantitative estimate of drug-likeness (QED) is 0.149. The van der Waals surface area contributed by atoms with Crippen LogP contribution in [0.4, 0.5) is 0 Å². The maximum absolute atomic E-state index is 5.62. The van der Waals surface area contributed by atoms with Crippen LogP contribution in [0.15, 0.2) is 131 Å². The molecule has 0 saturated carbocycles. The Labute approximate surface area is 580 Å². The lowest BCUT2D eigenvalue weighted by molar-refractivity contribution is 0.411. The van der Waals surface area contributed by atoms with E-state index in [0.29, 0.717) is 10.8 Å². The molecule has 94 heavy (non-hydrogen) atoms. The SMILES string of the molecule is CC.CC.CC.CC.CC.CC.CC(C)(C)C.CC(C)(C)C.CC(C)(C)c1nc2c(s1)CCNC2.CC(C)(C)c1nc2c(s1)CNCC2.CC(C)(C)c1nc2ccccc2o1.CC(C)(C)c1nccc2cccnc12.c1ccc2ocnc2c1.c1cnc2cnccc2c1. The van der Waals surface area contributed by atoms with Crippen LogP contribution < -0.4 is 10.6 Å². The van der Waals surface area contributed by atoms with Gasteiger partial charge in [-0.25, -0.2) is 19.9 Å². The van der Waals surface area contributed by atoms with E-state index in [1.807, 2.05) is 197 Å². The van der Waals surface area contributed by atoms with E-state index in [9.17, 15) is 0 Å². The summed E-state index contributed by atoms with van der Waals surface area (Å²) in [5.41, 5.74) is 10.7. The van der Waals surface area contributed by atoms with Crippen molar-refractivity contribution < 1.29 is 8.83 Å². The first-order chi connectivity index (χ1) is 44.2. The zero-order chi connectivity index (χ0) is 72.5. The first-order valence-corrected chi connectivity index (χ1v) is 36.3. The van der Waals surface area contributed by atoms with Crippen molar-refractivity contribution in [3.8, 4) is 0 Å². The number of para-hydroxylation sites is 4. The second-order valence-corrected chi connectivity index (χ2v) is 29.9. The molecule has 10 aromatic rings. The van der Waals surface area contributed by atoms with E-state index in [4.69, 9.17) is 13.8 Å². The predicted octanol–water partition coefficient (Wildman–Crippen LogP) is 23.9. The van der Waals surface area contributed by atoms with Gasteiger partial charge in [0.15, 0.2) is 17.6 Å². The third-order valence-electron chi connectivity index (χ3n) is 11.3. The smallest absolute Gasteiger partial charge is 0.200 e. The molecule has 0 unspecified atom stereocenters. The molecule has 0 bridgehead atoms. The van der Waals surface area contributed by atoms with E-state index in [2.05, 4.69) is 190 Å². The molecule has 0 amide bonds. The Bertz CT molecular complexity index is 3230. The highest BCUT2D eigenvalue weighted by Crippen LogP contribution is 2.32. The summed E-state index contributed by atoms with van der Waals surface area (Å²) in [5.74, 6) is 0.800. The summed E-state index contributed by atoms with van der Waals surface area (Å²) in [6, 6.07) is 27.4. The Balaban J connectivity index is 0. The zero-order valence-electron chi connectivity index (χ0n) is 65.0. The topological polar surface area (TPSA) is 153 Å². The summed E-state index contributed by atoms with van der Waals surface area (Å²) in [6.45, 7) is 71.8. The summed E-state index contributed by atoms with van der Waals surface area (Å²) in [5, 5.41) is 11.6. The largest absolute Gasteiger partial charge is 0.443 e. The lowest BCUT2D eigenvalue weighted by Gasteiger charge is -2.18. The maximum atomic E-state index is 5.62. The van der Waals surface area contributed by atoms with Crippen LogP contribution in [0.1, 0.15) is 264 Å². The van der Waals surface area contributed by atoms with Crippen molar-refractivity contribution in [2.75, 3.05) is 13.1 Å². The molecule has 0 radical (unpaired) electrons. The molecule has 524 valence electrons. The fourth-order valence-corrected chi connectivity index (χ4v) is 9.63. The minimum atomic E-state index is -0.0149. The van der Waals surface area contributed by atoms with Crippen LogP contribution in [0.25, 0.3) is 44.0 Å². The normalized spacial score (nSPS) is 11.9. The molecule has 10 heterocycles. The molecule has 2 aromatic carbocycles. The first kappa shape index (κ1) is 89.7. The Hall–Kier alpha value is -6.32. The predicted molar refractivity (Wildman–Crippen MR) is 415 cm³/mol. The molecule has 0 spiro atoms. The van der Waals surface area contributed by atoms with Gasteiger partial charge in [0.25, 0.3) is 0 Å². The van der Waals surface area contributed by atoms with Gasteiger partial charge in [0.2, 0.25) is 5.89 Å². The van der Waals surface area contributed by atoms with Gasteiger partial charge in [0.1, 0.15) is 11.0 Å². The number of nitrogens with zero attached hydrogens (tertiary/aromatic N) is 8. The van der Waals surface area contributed by atoms with Crippen molar-refractivity contribution in [1.29, 1.82) is 0 Å². The number of thiazole rings is 2. The third kappa shape index (κ3) is 36.0. The summed E-state index contributed by atoms with van der Waals surface area (Å²) >= 11 is 3.76. The number of pyridine rings is 4. The van der Waals surface area contributed by atoms with Gasteiger partial charge in [-0.1, -0.05) is 258 Å². The Morgan fingerprint density at radius 1 is 0.394 bits per heavy atom. The van der Waals surface area contributed by atoms with Gasteiger partial charge in [-0.3, -0.25) is 19.9 Å². The highest BCUT2D eigenvalue weighted by molar-refractivity contribution is 7.12. The standard InChI is InChI=1S/C12H14N2.C11H13NO.2C10H16N2S.C8H6N2.C7H5NO.2C5H12.6C2H6/c1-12(2,3)11-10-9(6-8-14-11)5-4-7-13-10;1-11(2,3)10-12-8-6-4-5-7-9(8)13-10;1-10(2,3)9-12-7-6-11-5-4-8(7)13-9;1-10(2,3)9-12-7-4-5-11-6-8(7)13-9;1-2-7-3-5-9-6-8(7)10-4-1;1-2-4-7-6(3-1)8-5-9-7;2*1-5(2,3)4;6*1-2/h4-8H,1-3H3;4-7H,1-3H3;2*11H,4-6H2,1-3H3;1-6H;1-5H;2*1-4H3;6*1-2H3. The molecule has 2 N–H and O–H groups in total. The Kier molecular flexibility index (Phi) is 43.9. The highest BCUT2D eigenvalue weighted by Gasteiger charge is 2.25. The number of aromatic nitrogens is 8. The monoisotopic (exact) mass is 1330 g/mol. The molecule has 0 aliphatic carbocycles. The van der Waals surface area contributed by atoms with E-state index in [1.165, 1.54) is 37.6 Å². The molecule has 2 aliphatic heterocycles. The fraction of sp³-hybridized carbons (Fsp3) is 0.550. The number of fused-ring (bicyclic) bond motifs is 6. The minimum absolute atomic E-state index is 0.0149. The number of hydrogen-bond donors (Lipinski definition) is 2. The molecule has 8 aromatic heterocycles. The zero-order valence-corrected chi connectivity index (χ0v) is 66.6. The number of benzene rings is 2. The fourth-order valence-electron chi connectivity index (χ4n) is 7.36. The van der Waals surface area contributed by atoms with E-state index >= 15 is 0 Å². The average Bonchev–Trinajstić information content (AvgIpc) is 0.948. The van der Waals surface area contributed by atoms with Crippen molar-refractivity contribution in [3.05, 3.63) is 165 Å². The van der Waals surface area contributed by atoms with E-state index in [1.54, 1.807) is 18.6 Å².